The number of ether oxygens (including phenoxy) is 8. The number of hydrogen-bond acceptors (Lipinski definition) is 19. The summed E-state index contributed by atoms with van der Waals surface area (Å²) in [6.07, 6.45) is -2.22. The van der Waals surface area contributed by atoms with E-state index in [4.69, 9.17) is 43.6 Å². The number of amides is 4. The number of carboxylic acid groups (broad SMARTS) is 1. The minimum absolute atomic E-state index is 0.00575. The lowest BCUT2D eigenvalue weighted by Crippen LogP contribution is -2.61. The zero-order chi connectivity index (χ0) is 53.8. The van der Waals surface area contributed by atoms with Gasteiger partial charge in [0.1, 0.15) is 35.6 Å². The van der Waals surface area contributed by atoms with E-state index in [1.807, 2.05) is 0 Å². The molecular weight excluding hydrogens is 995 g/mol. The Morgan fingerprint density at radius 1 is 0.724 bits per heavy atom. The number of aliphatic hydroxyl groups excluding tert-OH is 3. The molecule has 0 radical (unpaired) electrons. The number of anilines is 2. The summed E-state index contributed by atoms with van der Waals surface area (Å²) in [5, 5.41) is 45.3. The molecule has 24 heteroatoms. The van der Waals surface area contributed by atoms with Gasteiger partial charge in [-0.15, -0.1) is 0 Å². The van der Waals surface area contributed by atoms with Gasteiger partial charge >= 0.3 is 12.1 Å². The first-order valence-electron chi connectivity index (χ1n) is 23.9. The molecule has 6 unspecified atom stereocenters. The molecule has 24 nitrogen and oxygen atoms in total. The SMILES string of the molecule is COC1=CN2C(=O)c3cc(OC)c(OCCCOc4cc5c(cc4OC)C(=O)N4C=C(c6ccc(NC(=O)Oc7ccc(OC8OC(C(=O)O)C(O)C(O)C8O)c(NC(=O)CCN)c7)cc6)CC4C=N5)cc3N=C[C@@H]2C1. The fourth-order valence-corrected chi connectivity index (χ4v) is 8.89. The van der Waals surface area contributed by atoms with Crippen LogP contribution in [0.1, 0.15) is 52.0 Å². The molecule has 8 N–H and O–H groups in total. The second kappa shape index (κ2) is 22.5. The van der Waals surface area contributed by atoms with Crippen molar-refractivity contribution in [3.63, 3.8) is 0 Å². The second-order valence-electron chi connectivity index (χ2n) is 17.8. The summed E-state index contributed by atoms with van der Waals surface area (Å²) in [5.74, 6) is -0.702. The van der Waals surface area contributed by atoms with Crippen LogP contribution in [0.25, 0.3) is 5.57 Å². The molecule has 76 heavy (non-hydrogen) atoms. The van der Waals surface area contributed by atoms with Gasteiger partial charge in [-0.05, 0) is 47.5 Å². The smallest absolute Gasteiger partial charge is 0.417 e. The maximum atomic E-state index is 14.1. The van der Waals surface area contributed by atoms with Crippen molar-refractivity contribution < 1.29 is 82.3 Å². The first-order valence-corrected chi connectivity index (χ1v) is 23.9. The Kier molecular flexibility index (Phi) is 15.5. The van der Waals surface area contributed by atoms with E-state index in [1.165, 1.54) is 32.4 Å². The Morgan fingerprint density at radius 2 is 1.34 bits per heavy atom. The Labute approximate surface area is 433 Å². The number of nitrogens with one attached hydrogen (secondary N) is 2. The van der Waals surface area contributed by atoms with Crippen LogP contribution in [-0.2, 0) is 19.1 Å². The van der Waals surface area contributed by atoms with E-state index in [0.717, 1.165) is 11.1 Å². The van der Waals surface area contributed by atoms with Crippen molar-refractivity contribution in [2.24, 2.45) is 15.7 Å². The summed E-state index contributed by atoms with van der Waals surface area (Å²) in [7, 11) is 4.54. The van der Waals surface area contributed by atoms with Gasteiger partial charge in [0.2, 0.25) is 12.2 Å². The van der Waals surface area contributed by atoms with Gasteiger partial charge in [-0.25, -0.2) is 9.59 Å². The molecule has 5 aliphatic heterocycles. The number of rotatable bonds is 18. The first-order chi connectivity index (χ1) is 36.7. The van der Waals surface area contributed by atoms with Crippen molar-refractivity contribution in [2.45, 2.75) is 68.5 Å². The standard InChI is InChI=1S/C52H53N7O17/c1-69-32-16-30-23-55-36-21-42(40(71-3)19-34(36)49(65)59(30)25-32)73-14-4-13-72-41-20-35-33(18-39(41)70-2)48(64)58-24-27(15-29(58)22-54-35)26-5-7-28(8-6-26)56-52(68)74-31-9-10-38(37(17-31)57-43(60)11-12-53)75-51-46(63)44(61)45(62)47(76-51)50(66)67/h5-10,17-25,29-30,44-47,51,61-63H,4,11-16,53H2,1-3H3,(H,56,68)(H,57,60)(H,66,67)/t29?,30-,44?,45?,46?,47?,51?/m0/s1. The van der Waals surface area contributed by atoms with Crippen molar-refractivity contribution >= 4 is 70.5 Å². The highest BCUT2D eigenvalue weighted by molar-refractivity contribution is 6.06. The van der Waals surface area contributed by atoms with Crippen LogP contribution in [0.2, 0.25) is 0 Å². The Morgan fingerprint density at radius 3 is 1.93 bits per heavy atom. The summed E-state index contributed by atoms with van der Waals surface area (Å²) in [4.78, 5) is 77.2. The number of nitrogens with zero attached hydrogens (tertiary/aromatic N) is 4. The van der Waals surface area contributed by atoms with Gasteiger partial charge in [-0.2, -0.15) is 0 Å². The molecule has 0 saturated carbocycles. The van der Waals surface area contributed by atoms with Crippen LogP contribution in [0.15, 0.2) is 94.9 Å². The van der Waals surface area contributed by atoms with Crippen LogP contribution in [0.3, 0.4) is 0 Å². The average Bonchev–Trinajstić information content (AvgIpc) is 4.02. The molecule has 4 aromatic carbocycles. The number of fused-ring (bicyclic) bond motifs is 4. The molecule has 5 aliphatic rings. The predicted molar refractivity (Wildman–Crippen MR) is 270 cm³/mol. The Bertz CT molecular complexity index is 3050. The maximum Gasteiger partial charge on any atom is 0.417 e. The Hall–Kier alpha value is -8.55. The molecule has 0 aliphatic carbocycles. The number of nitrogens with two attached hydrogens (primary N) is 1. The third kappa shape index (κ3) is 11.0. The van der Waals surface area contributed by atoms with E-state index >= 15 is 0 Å². The number of benzene rings is 4. The van der Waals surface area contributed by atoms with Gasteiger partial charge in [0.25, 0.3) is 11.8 Å². The van der Waals surface area contributed by atoms with E-state index in [1.54, 1.807) is 90.3 Å². The highest BCUT2D eigenvalue weighted by Gasteiger charge is 2.48. The van der Waals surface area contributed by atoms with Crippen LogP contribution >= 0.6 is 0 Å². The highest BCUT2D eigenvalue weighted by atomic mass is 16.7. The molecule has 398 valence electrons. The molecule has 1 saturated heterocycles. The van der Waals surface area contributed by atoms with Gasteiger partial charge in [-0.1, -0.05) is 12.1 Å². The second-order valence-corrected chi connectivity index (χ2v) is 17.8. The third-order valence-electron chi connectivity index (χ3n) is 12.8. The number of aliphatic carboxylic acids is 1. The number of aliphatic imine (C=N–C) groups is 2. The van der Waals surface area contributed by atoms with Crippen LogP contribution in [0.5, 0.6) is 34.5 Å². The molecule has 5 heterocycles. The number of carbonyl (C=O) groups excluding carboxylic acids is 4. The molecule has 0 aromatic heterocycles. The van der Waals surface area contributed by atoms with E-state index < -0.39 is 54.7 Å². The van der Waals surface area contributed by atoms with Crippen molar-refractivity contribution in [1.82, 2.24) is 9.80 Å². The minimum atomic E-state index is -1.95. The van der Waals surface area contributed by atoms with E-state index in [0.29, 0.717) is 76.2 Å². The molecule has 0 bridgehead atoms. The normalized spacial score (nSPS) is 22.1. The molecule has 4 amide bonds. The molecule has 7 atom stereocenters. The lowest BCUT2D eigenvalue weighted by molar-refractivity contribution is -0.271. The predicted octanol–water partition coefficient (Wildman–Crippen LogP) is 4.11. The van der Waals surface area contributed by atoms with Gasteiger partial charge in [-0.3, -0.25) is 29.7 Å². The lowest BCUT2D eigenvalue weighted by atomic mass is 9.99. The number of carbonyl (C=O) groups is 5. The van der Waals surface area contributed by atoms with Crippen molar-refractivity contribution in [2.75, 3.05) is 51.7 Å². The van der Waals surface area contributed by atoms with E-state index in [9.17, 15) is 44.4 Å². The van der Waals surface area contributed by atoms with Crippen LogP contribution in [0, 0.1) is 0 Å². The first kappa shape index (κ1) is 52.3. The fraction of sp³-hybridized carbons (Fsp3) is 0.327. The molecule has 0 spiro atoms. The fourth-order valence-electron chi connectivity index (χ4n) is 8.89. The quantitative estimate of drug-likeness (QED) is 0.0690. The number of methoxy groups -OCH3 is 3. The molecular formula is C52H53N7O17. The van der Waals surface area contributed by atoms with Gasteiger partial charge in [0.15, 0.2) is 29.1 Å². The zero-order valence-electron chi connectivity index (χ0n) is 41.1. The largest absolute Gasteiger partial charge is 0.499 e. The van der Waals surface area contributed by atoms with Crippen LogP contribution in [0.4, 0.5) is 27.5 Å². The third-order valence-corrected chi connectivity index (χ3v) is 12.8. The average molecular weight is 1050 g/mol. The van der Waals surface area contributed by atoms with Crippen molar-refractivity contribution in [3.05, 3.63) is 102 Å². The highest BCUT2D eigenvalue weighted by Crippen LogP contribution is 2.42. The van der Waals surface area contributed by atoms with Gasteiger partial charge in [0.05, 0.1) is 74.8 Å². The van der Waals surface area contributed by atoms with Crippen molar-refractivity contribution in [1.29, 1.82) is 0 Å². The van der Waals surface area contributed by atoms with Gasteiger partial charge in [0, 0.05) is 80.9 Å². The molecule has 4 aromatic rings. The monoisotopic (exact) mass is 1050 g/mol. The lowest BCUT2D eigenvalue weighted by Gasteiger charge is -2.38. The molecule has 1 fully saturated rings. The summed E-state index contributed by atoms with van der Waals surface area (Å²) in [6.45, 7) is 0.462. The number of hydrogen-bond donors (Lipinski definition) is 7. The summed E-state index contributed by atoms with van der Waals surface area (Å²) < 4.78 is 45.1. The number of carboxylic acids is 1. The van der Waals surface area contributed by atoms with Crippen LogP contribution in [-0.4, -0.2) is 156 Å². The van der Waals surface area contributed by atoms with E-state index in [-0.39, 0.29) is 61.2 Å². The summed E-state index contributed by atoms with van der Waals surface area (Å²) in [5.41, 5.74) is 8.98. The summed E-state index contributed by atoms with van der Waals surface area (Å²) in [6, 6.07) is 16.5. The molecule has 9 rings (SSSR count). The Balaban J connectivity index is 0.796. The summed E-state index contributed by atoms with van der Waals surface area (Å²) >= 11 is 0. The van der Waals surface area contributed by atoms with E-state index in [2.05, 4.69) is 20.6 Å². The van der Waals surface area contributed by atoms with Crippen LogP contribution < -0.4 is 44.8 Å². The van der Waals surface area contributed by atoms with Crippen molar-refractivity contribution in [3.8, 4) is 34.5 Å². The minimum Gasteiger partial charge on any atom is -0.499 e. The number of aliphatic hydroxyl groups is 3. The maximum absolute atomic E-state index is 14.1. The topological polar surface area (TPSA) is 321 Å². The van der Waals surface area contributed by atoms with Gasteiger partial charge < -0.3 is 79.2 Å². The zero-order valence-corrected chi connectivity index (χ0v) is 41.1.